The zero-order valence-electron chi connectivity index (χ0n) is 14.3. The Kier molecular flexibility index (Phi) is 4.05. The normalized spacial score (nSPS) is 14.6. The fourth-order valence-corrected chi connectivity index (χ4v) is 2.71. The molecule has 2 amide bonds. The van der Waals surface area contributed by atoms with E-state index in [0.717, 1.165) is 17.0 Å². The second-order valence-electron chi connectivity index (χ2n) is 6.92. The fraction of sp³-hybridized carbons (Fsp3) is 0.263. The van der Waals surface area contributed by atoms with E-state index in [1.165, 1.54) is 18.2 Å². The number of hydrogen-bond donors (Lipinski definition) is 0. The summed E-state index contributed by atoms with van der Waals surface area (Å²) in [5.74, 6) is -1.39. The molecule has 2 aromatic carbocycles. The third kappa shape index (κ3) is 3.29. The van der Waals surface area contributed by atoms with Crippen molar-refractivity contribution in [3.8, 4) is 5.75 Å². The predicted octanol–water partition coefficient (Wildman–Crippen LogP) is 4.68. The third-order valence-electron chi connectivity index (χ3n) is 3.69. The monoisotopic (exact) mass is 363 g/mol. The summed E-state index contributed by atoms with van der Waals surface area (Å²) < 4.78 is 45.4. The van der Waals surface area contributed by atoms with E-state index in [9.17, 15) is 22.8 Å². The summed E-state index contributed by atoms with van der Waals surface area (Å²) in [6.45, 7) is 5.07. The quantitative estimate of drug-likeness (QED) is 0.728. The van der Waals surface area contributed by atoms with Gasteiger partial charge in [-0.25, -0.2) is 4.90 Å². The zero-order chi connectivity index (χ0) is 19.3. The topological polar surface area (TPSA) is 46.6 Å². The van der Waals surface area contributed by atoms with Crippen LogP contribution >= 0.6 is 0 Å². The van der Waals surface area contributed by atoms with Gasteiger partial charge in [0.05, 0.1) is 22.4 Å². The van der Waals surface area contributed by atoms with E-state index in [-0.39, 0.29) is 22.6 Å². The van der Waals surface area contributed by atoms with Gasteiger partial charge in [0.25, 0.3) is 11.8 Å². The lowest BCUT2D eigenvalue weighted by molar-refractivity contribution is -0.137. The number of halogens is 3. The van der Waals surface area contributed by atoms with Crippen LogP contribution in [-0.2, 0) is 6.18 Å². The van der Waals surface area contributed by atoms with E-state index < -0.39 is 29.2 Å². The Labute approximate surface area is 148 Å². The average molecular weight is 363 g/mol. The standard InChI is InChI=1S/C19H16F3NO3/c1-18(2,3)26-13-9-11(19(20,21)22)8-12(10-13)23-16(24)14-6-4-5-7-15(14)17(23)25/h4-10H,1-3H3. The van der Waals surface area contributed by atoms with Crippen LogP contribution in [0.5, 0.6) is 5.75 Å². The van der Waals surface area contributed by atoms with E-state index in [1.807, 2.05) is 0 Å². The molecule has 0 aromatic heterocycles. The number of fused-ring (bicyclic) bond motifs is 1. The molecule has 0 bridgehead atoms. The lowest BCUT2D eigenvalue weighted by Crippen LogP contribution is -2.30. The number of imide groups is 1. The van der Waals surface area contributed by atoms with Gasteiger partial charge in [-0.3, -0.25) is 9.59 Å². The van der Waals surface area contributed by atoms with Crippen molar-refractivity contribution >= 4 is 17.5 Å². The van der Waals surface area contributed by atoms with E-state index in [1.54, 1.807) is 32.9 Å². The number of benzene rings is 2. The Morgan fingerprint density at radius 3 is 1.88 bits per heavy atom. The molecule has 0 saturated carbocycles. The Morgan fingerprint density at radius 1 is 0.885 bits per heavy atom. The van der Waals surface area contributed by atoms with Gasteiger partial charge in [0.2, 0.25) is 0 Å². The Morgan fingerprint density at radius 2 is 1.42 bits per heavy atom. The predicted molar refractivity (Wildman–Crippen MR) is 89.4 cm³/mol. The number of hydrogen-bond acceptors (Lipinski definition) is 3. The van der Waals surface area contributed by atoms with Crippen LogP contribution in [0.3, 0.4) is 0 Å². The molecule has 136 valence electrons. The fourth-order valence-electron chi connectivity index (χ4n) is 2.71. The Bertz CT molecular complexity index is 863. The van der Waals surface area contributed by atoms with E-state index >= 15 is 0 Å². The van der Waals surface area contributed by atoms with Crippen molar-refractivity contribution in [3.05, 3.63) is 59.2 Å². The Balaban J connectivity index is 2.12. The van der Waals surface area contributed by atoms with Crippen LogP contribution in [0.25, 0.3) is 0 Å². The summed E-state index contributed by atoms with van der Waals surface area (Å²) in [6.07, 6.45) is -4.65. The van der Waals surface area contributed by atoms with Crippen molar-refractivity contribution < 1.29 is 27.5 Å². The lowest BCUT2D eigenvalue weighted by atomic mass is 10.1. The number of carbonyl (C=O) groups is 2. The van der Waals surface area contributed by atoms with Crippen molar-refractivity contribution in [2.24, 2.45) is 0 Å². The van der Waals surface area contributed by atoms with Crippen molar-refractivity contribution in [1.29, 1.82) is 0 Å². The van der Waals surface area contributed by atoms with Gasteiger partial charge in [0.1, 0.15) is 11.4 Å². The molecule has 0 aliphatic carbocycles. The van der Waals surface area contributed by atoms with Gasteiger partial charge in [-0.1, -0.05) is 12.1 Å². The second-order valence-corrected chi connectivity index (χ2v) is 6.92. The summed E-state index contributed by atoms with van der Waals surface area (Å²) in [5.41, 5.74) is -1.60. The summed E-state index contributed by atoms with van der Waals surface area (Å²) >= 11 is 0. The minimum Gasteiger partial charge on any atom is -0.488 e. The maximum Gasteiger partial charge on any atom is 0.416 e. The average Bonchev–Trinajstić information content (AvgIpc) is 2.76. The van der Waals surface area contributed by atoms with Crippen LogP contribution in [0.15, 0.2) is 42.5 Å². The highest BCUT2D eigenvalue weighted by Crippen LogP contribution is 2.38. The maximum atomic E-state index is 13.3. The number of carbonyl (C=O) groups excluding carboxylic acids is 2. The first-order valence-corrected chi connectivity index (χ1v) is 7.86. The SMILES string of the molecule is CC(C)(C)Oc1cc(N2C(=O)c3ccccc3C2=O)cc(C(F)(F)F)c1. The van der Waals surface area contributed by atoms with Crippen molar-refractivity contribution in [2.75, 3.05) is 4.90 Å². The number of nitrogens with zero attached hydrogens (tertiary/aromatic N) is 1. The van der Waals surface area contributed by atoms with E-state index in [0.29, 0.717) is 0 Å². The summed E-state index contributed by atoms with van der Waals surface area (Å²) in [5, 5.41) is 0. The molecule has 0 atom stereocenters. The molecular formula is C19H16F3NO3. The summed E-state index contributed by atoms with van der Waals surface area (Å²) in [7, 11) is 0. The zero-order valence-corrected chi connectivity index (χ0v) is 14.3. The van der Waals surface area contributed by atoms with Gasteiger partial charge >= 0.3 is 6.18 Å². The first-order chi connectivity index (χ1) is 12.0. The summed E-state index contributed by atoms with van der Waals surface area (Å²) in [6, 6.07) is 9.01. The smallest absolute Gasteiger partial charge is 0.416 e. The Hall–Kier alpha value is -2.83. The van der Waals surface area contributed by atoms with Crippen LogP contribution in [0.2, 0.25) is 0 Å². The van der Waals surface area contributed by atoms with E-state index in [2.05, 4.69) is 0 Å². The molecule has 3 rings (SSSR count). The van der Waals surface area contributed by atoms with E-state index in [4.69, 9.17) is 4.74 Å². The molecular weight excluding hydrogens is 347 g/mol. The molecule has 1 aliphatic rings. The molecule has 1 aliphatic heterocycles. The molecule has 0 spiro atoms. The molecule has 7 heteroatoms. The molecule has 0 unspecified atom stereocenters. The number of rotatable bonds is 2. The molecule has 1 heterocycles. The number of anilines is 1. The second kappa shape index (κ2) is 5.86. The molecule has 0 saturated heterocycles. The number of alkyl halides is 3. The van der Waals surface area contributed by atoms with Crippen LogP contribution in [0.1, 0.15) is 47.1 Å². The summed E-state index contributed by atoms with van der Waals surface area (Å²) in [4.78, 5) is 25.8. The first kappa shape index (κ1) is 18.0. The highest BCUT2D eigenvalue weighted by Gasteiger charge is 2.39. The van der Waals surface area contributed by atoms with Crippen molar-refractivity contribution in [2.45, 2.75) is 32.5 Å². The molecule has 0 N–H and O–H groups in total. The van der Waals surface area contributed by atoms with Crippen LogP contribution < -0.4 is 9.64 Å². The highest BCUT2D eigenvalue weighted by molar-refractivity contribution is 6.34. The van der Waals surface area contributed by atoms with Gasteiger partial charge in [0.15, 0.2) is 0 Å². The maximum absolute atomic E-state index is 13.3. The number of amides is 2. The highest BCUT2D eigenvalue weighted by atomic mass is 19.4. The van der Waals surface area contributed by atoms with Gasteiger partial charge in [-0.2, -0.15) is 13.2 Å². The largest absolute Gasteiger partial charge is 0.488 e. The minimum atomic E-state index is -4.65. The van der Waals surface area contributed by atoms with Gasteiger partial charge < -0.3 is 4.74 Å². The molecule has 4 nitrogen and oxygen atoms in total. The van der Waals surface area contributed by atoms with Crippen LogP contribution in [-0.4, -0.2) is 17.4 Å². The van der Waals surface area contributed by atoms with Crippen LogP contribution in [0.4, 0.5) is 18.9 Å². The van der Waals surface area contributed by atoms with Crippen LogP contribution in [0, 0.1) is 0 Å². The van der Waals surface area contributed by atoms with Gasteiger partial charge in [-0.15, -0.1) is 0 Å². The lowest BCUT2D eigenvalue weighted by Gasteiger charge is -2.24. The van der Waals surface area contributed by atoms with Gasteiger partial charge in [-0.05, 0) is 45.0 Å². The number of ether oxygens (including phenoxy) is 1. The van der Waals surface area contributed by atoms with Gasteiger partial charge in [0, 0.05) is 6.07 Å². The minimum absolute atomic E-state index is 0.0705. The molecule has 2 aromatic rings. The molecule has 0 fully saturated rings. The first-order valence-electron chi connectivity index (χ1n) is 7.86. The third-order valence-corrected chi connectivity index (χ3v) is 3.69. The van der Waals surface area contributed by atoms with Crippen molar-refractivity contribution in [1.82, 2.24) is 0 Å². The molecule has 26 heavy (non-hydrogen) atoms. The molecule has 0 radical (unpaired) electrons. The van der Waals surface area contributed by atoms with Crippen molar-refractivity contribution in [3.63, 3.8) is 0 Å².